The summed E-state index contributed by atoms with van der Waals surface area (Å²) in [5.74, 6) is 0.268. The van der Waals surface area contributed by atoms with Crippen LogP contribution in [0.25, 0.3) is 11.3 Å². The number of hydrogen-bond acceptors (Lipinski definition) is 8. The van der Waals surface area contributed by atoms with Gasteiger partial charge in [-0.3, -0.25) is 9.25 Å². The Morgan fingerprint density at radius 1 is 1.42 bits per heavy atom. The summed E-state index contributed by atoms with van der Waals surface area (Å²) in [6, 6.07) is 7.83. The molecule has 3 aromatic rings. The van der Waals surface area contributed by atoms with Crippen molar-refractivity contribution in [2.24, 2.45) is 7.05 Å². The highest BCUT2D eigenvalue weighted by atomic mass is 31.2. The van der Waals surface area contributed by atoms with Crippen LogP contribution in [0, 0.1) is 18.3 Å². The number of hydrogen-bond donors (Lipinski definition) is 1. The molecule has 2 bridgehead atoms. The number of fused-ring (bicyclic) bond motifs is 5. The molecule has 0 amide bonds. The third-order valence-corrected chi connectivity index (χ3v) is 8.01. The fourth-order valence-corrected chi connectivity index (χ4v) is 5.91. The highest BCUT2D eigenvalue weighted by Crippen LogP contribution is 2.48. The number of anilines is 1. The molecule has 4 rings (SSSR count). The molecule has 0 saturated carbocycles. The first kappa shape index (κ1) is 21.0. The summed E-state index contributed by atoms with van der Waals surface area (Å²) >= 11 is 0. The number of rotatable bonds is 1. The predicted molar refractivity (Wildman–Crippen MR) is 116 cm³/mol. The molecule has 0 radical (unpaired) electrons. The molecule has 9 nitrogen and oxygen atoms in total. The number of ether oxygens (including phenoxy) is 1. The first-order chi connectivity index (χ1) is 14.8. The van der Waals surface area contributed by atoms with Gasteiger partial charge in [0.1, 0.15) is 17.9 Å². The number of nitrogens with zero attached hydrogens (tertiary/aromatic N) is 5. The molecule has 0 aliphatic carbocycles. The average molecular weight is 438 g/mol. The van der Waals surface area contributed by atoms with Gasteiger partial charge in [0.25, 0.3) is 5.88 Å². The molecular weight excluding hydrogens is 415 g/mol. The van der Waals surface area contributed by atoms with Gasteiger partial charge in [-0.25, -0.2) is 9.97 Å². The lowest BCUT2D eigenvalue weighted by molar-refractivity contribution is 0.219. The number of benzene rings is 1. The summed E-state index contributed by atoms with van der Waals surface area (Å²) in [5, 5.41) is 14.8. The van der Waals surface area contributed by atoms with E-state index in [9.17, 15) is 9.83 Å². The van der Waals surface area contributed by atoms with Crippen LogP contribution in [0.4, 0.5) is 5.82 Å². The van der Waals surface area contributed by atoms with Crippen molar-refractivity contribution < 1.29 is 13.8 Å². The molecule has 10 heteroatoms. The number of nitrogens with two attached hydrogens (primary N) is 1. The maximum Gasteiger partial charge on any atom is 0.258 e. The zero-order chi connectivity index (χ0) is 22.3. The Kier molecular flexibility index (Phi) is 5.29. The third-order valence-electron chi connectivity index (χ3n) is 5.46. The molecule has 2 aromatic heterocycles. The molecule has 1 aliphatic heterocycles. The molecule has 160 valence electrons. The summed E-state index contributed by atoms with van der Waals surface area (Å²) in [5.41, 5.74) is 9.65. The standard InChI is InChI=1S/C21H23N6O3P/c1-12-5-6-18-14(9-12)13(2)30-21-20(23)24-11-16(25-21)19-15(7-8-31(18,28)29-4)26-27(3)17(19)10-22/h5-6,9,11,13H,7-8H2,1-4H3,(H2,23,24)/t13-,31?/m1/s1. The second-order valence-corrected chi connectivity index (χ2v) is 10.1. The van der Waals surface area contributed by atoms with Gasteiger partial charge >= 0.3 is 0 Å². The van der Waals surface area contributed by atoms with E-state index in [1.165, 1.54) is 18.0 Å². The van der Waals surface area contributed by atoms with Crippen LogP contribution in [-0.4, -0.2) is 33.0 Å². The molecule has 0 saturated heterocycles. The van der Waals surface area contributed by atoms with Crippen LogP contribution >= 0.6 is 7.37 Å². The topological polar surface area (TPSA) is 129 Å². The molecule has 0 spiro atoms. The van der Waals surface area contributed by atoms with Crippen LogP contribution in [-0.2, 0) is 22.6 Å². The average Bonchev–Trinajstić information content (AvgIpc) is 3.08. The van der Waals surface area contributed by atoms with Crippen LogP contribution in [0.1, 0.15) is 35.5 Å². The van der Waals surface area contributed by atoms with Crippen molar-refractivity contribution in [1.82, 2.24) is 19.7 Å². The van der Waals surface area contributed by atoms with Gasteiger partial charge in [-0.05, 0) is 19.9 Å². The van der Waals surface area contributed by atoms with Crippen molar-refractivity contribution >= 4 is 18.5 Å². The van der Waals surface area contributed by atoms with Crippen molar-refractivity contribution in [3.05, 3.63) is 46.9 Å². The molecular formula is C21H23N6O3P. The van der Waals surface area contributed by atoms with Gasteiger partial charge in [-0.15, -0.1) is 0 Å². The lowest BCUT2D eigenvalue weighted by Gasteiger charge is -2.24. The molecule has 2 atom stereocenters. The number of aryl methyl sites for hydroxylation is 3. The molecule has 3 heterocycles. The lowest BCUT2D eigenvalue weighted by Crippen LogP contribution is -2.21. The van der Waals surface area contributed by atoms with Gasteiger partial charge < -0.3 is 15.0 Å². The summed E-state index contributed by atoms with van der Waals surface area (Å²) in [7, 11) is -0.107. The van der Waals surface area contributed by atoms with Gasteiger partial charge in [-0.1, -0.05) is 17.7 Å². The molecule has 0 fully saturated rings. The molecule has 1 unspecified atom stereocenters. The van der Waals surface area contributed by atoms with Gasteiger partial charge in [0, 0.05) is 37.6 Å². The van der Waals surface area contributed by atoms with Crippen molar-refractivity contribution in [3.63, 3.8) is 0 Å². The second-order valence-electron chi connectivity index (χ2n) is 7.50. The highest BCUT2D eigenvalue weighted by molar-refractivity contribution is 7.67. The second kappa shape index (κ2) is 7.80. The summed E-state index contributed by atoms with van der Waals surface area (Å²) in [6.07, 6.45) is 1.54. The van der Waals surface area contributed by atoms with Crippen LogP contribution in [0.5, 0.6) is 5.88 Å². The summed E-state index contributed by atoms with van der Waals surface area (Å²) < 4.78 is 27.1. The summed E-state index contributed by atoms with van der Waals surface area (Å²) in [6.45, 7) is 3.80. The van der Waals surface area contributed by atoms with Crippen molar-refractivity contribution in [2.45, 2.75) is 26.4 Å². The SMILES string of the molecule is COP1(=O)CCc2nn(C)c(C#N)c2-c2cnc(N)c(n2)O[C@H](C)c2cc(C)ccc21. The molecule has 1 aromatic carbocycles. The van der Waals surface area contributed by atoms with Crippen LogP contribution in [0.15, 0.2) is 24.4 Å². The lowest BCUT2D eigenvalue weighted by atomic mass is 10.1. The molecule has 31 heavy (non-hydrogen) atoms. The van der Waals surface area contributed by atoms with E-state index >= 15 is 0 Å². The van der Waals surface area contributed by atoms with E-state index in [0.717, 1.165) is 11.1 Å². The minimum absolute atomic E-state index is 0.126. The largest absolute Gasteiger partial charge is 0.467 e. The quantitative estimate of drug-likeness (QED) is 0.574. The smallest absolute Gasteiger partial charge is 0.258 e. The van der Waals surface area contributed by atoms with Gasteiger partial charge in [0.15, 0.2) is 5.82 Å². The Bertz CT molecular complexity index is 1260. The van der Waals surface area contributed by atoms with Crippen molar-refractivity contribution in [3.8, 4) is 23.2 Å². The highest BCUT2D eigenvalue weighted by Gasteiger charge is 2.32. The summed E-state index contributed by atoms with van der Waals surface area (Å²) in [4.78, 5) is 8.79. The zero-order valence-electron chi connectivity index (χ0n) is 17.8. The minimum Gasteiger partial charge on any atom is -0.467 e. The first-order valence-electron chi connectivity index (χ1n) is 9.79. The fraction of sp³-hybridized carbons (Fsp3) is 0.333. The fourth-order valence-electron chi connectivity index (χ4n) is 3.84. The molecule has 2 N–H and O–H groups in total. The van der Waals surface area contributed by atoms with E-state index in [2.05, 4.69) is 21.1 Å². The third kappa shape index (κ3) is 3.58. The van der Waals surface area contributed by atoms with Gasteiger partial charge in [0.05, 0.1) is 23.1 Å². The Hall–Kier alpha value is -3.21. The van der Waals surface area contributed by atoms with E-state index in [0.29, 0.717) is 34.4 Å². The maximum absolute atomic E-state index is 13.9. The Morgan fingerprint density at radius 3 is 2.90 bits per heavy atom. The van der Waals surface area contributed by atoms with Crippen LogP contribution < -0.4 is 15.8 Å². The first-order valence-corrected chi connectivity index (χ1v) is 11.6. The normalized spacial score (nSPS) is 20.4. The predicted octanol–water partition coefficient (Wildman–Crippen LogP) is 2.89. The van der Waals surface area contributed by atoms with Gasteiger partial charge in [-0.2, -0.15) is 10.4 Å². The van der Waals surface area contributed by atoms with E-state index in [1.54, 1.807) is 7.05 Å². The van der Waals surface area contributed by atoms with E-state index < -0.39 is 13.5 Å². The van der Waals surface area contributed by atoms with E-state index in [1.807, 2.05) is 32.0 Å². The monoisotopic (exact) mass is 438 g/mol. The van der Waals surface area contributed by atoms with Crippen molar-refractivity contribution in [2.75, 3.05) is 19.0 Å². The van der Waals surface area contributed by atoms with Crippen LogP contribution in [0.2, 0.25) is 0 Å². The van der Waals surface area contributed by atoms with Gasteiger partial charge in [0.2, 0.25) is 7.37 Å². The van der Waals surface area contributed by atoms with Crippen LogP contribution in [0.3, 0.4) is 0 Å². The zero-order valence-corrected chi connectivity index (χ0v) is 18.7. The number of aromatic nitrogens is 4. The Labute approximate surface area is 180 Å². The molecule has 1 aliphatic rings. The number of nitriles is 1. The van der Waals surface area contributed by atoms with Crippen molar-refractivity contribution in [1.29, 1.82) is 5.26 Å². The Morgan fingerprint density at radius 2 is 2.19 bits per heavy atom. The maximum atomic E-state index is 13.9. The number of nitrogen functional groups attached to an aromatic ring is 1. The van der Waals surface area contributed by atoms with E-state index in [4.69, 9.17) is 15.0 Å². The van der Waals surface area contributed by atoms with E-state index in [-0.39, 0.29) is 17.9 Å². The Balaban J connectivity index is 1.99. The minimum atomic E-state index is -3.24.